The van der Waals surface area contributed by atoms with Crippen LogP contribution < -0.4 is 0 Å². The van der Waals surface area contributed by atoms with Crippen molar-refractivity contribution in [3.63, 3.8) is 0 Å². The summed E-state index contributed by atoms with van der Waals surface area (Å²) in [6.07, 6.45) is 2.02. The fraction of sp³-hybridized carbons (Fsp3) is 0. The van der Waals surface area contributed by atoms with Crippen molar-refractivity contribution in [1.82, 2.24) is 4.98 Å². The van der Waals surface area contributed by atoms with Gasteiger partial charge < -0.3 is 0 Å². The summed E-state index contributed by atoms with van der Waals surface area (Å²) in [4.78, 5) is 5.19. The molecule has 0 spiro atoms. The smallest absolute Gasteiger partial charge is 0.0799 e. The van der Waals surface area contributed by atoms with Gasteiger partial charge in [-0.15, -0.1) is 0 Å². The molecule has 1 aromatic heterocycles. The number of benzene rings is 6. The molecule has 0 aliphatic carbocycles. The van der Waals surface area contributed by atoms with E-state index in [2.05, 4.69) is 146 Å². The first-order chi connectivity index (χ1) is 18.9. The lowest BCUT2D eigenvalue weighted by atomic mass is 9.79. The largest absolute Gasteiger partial charge is 0.255 e. The lowest BCUT2D eigenvalue weighted by molar-refractivity contribution is 1.44. The summed E-state index contributed by atoms with van der Waals surface area (Å²) in [7, 11) is 0. The molecule has 178 valence electrons. The maximum Gasteiger partial charge on any atom is 0.0799 e. The number of fused-ring (bicyclic) bond motifs is 3. The summed E-state index contributed by atoms with van der Waals surface area (Å²) < 4.78 is 0. The number of rotatable bonds is 4. The van der Waals surface area contributed by atoms with E-state index in [-0.39, 0.29) is 0 Å². The van der Waals surface area contributed by atoms with Crippen LogP contribution in [-0.2, 0) is 0 Å². The second-order valence-corrected chi connectivity index (χ2v) is 9.53. The van der Waals surface area contributed by atoms with E-state index in [4.69, 9.17) is 4.98 Å². The summed E-state index contributed by atoms with van der Waals surface area (Å²) in [5.74, 6) is 0. The van der Waals surface area contributed by atoms with Crippen molar-refractivity contribution < 1.29 is 0 Å². The highest BCUT2D eigenvalue weighted by atomic mass is 14.7. The molecule has 1 nitrogen and oxygen atoms in total. The Labute approximate surface area is 222 Å². The predicted molar refractivity (Wildman–Crippen MR) is 161 cm³/mol. The Bertz CT molecular complexity index is 1870. The van der Waals surface area contributed by atoms with E-state index in [1.807, 2.05) is 6.20 Å². The maximum atomic E-state index is 5.19. The molecule has 0 fully saturated rings. The molecule has 7 rings (SSSR count). The molecule has 0 atom stereocenters. The maximum absolute atomic E-state index is 5.19. The Morgan fingerprint density at radius 2 is 0.737 bits per heavy atom. The highest BCUT2D eigenvalue weighted by Gasteiger charge is 2.25. The van der Waals surface area contributed by atoms with Gasteiger partial charge in [0.15, 0.2) is 0 Å². The van der Waals surface area contributed by atoms with Gasteiger partial charge >= 0.3 is 0 Å². The van der Waals surface area contributed by atoms with Gasteiger partial charge in [-0.25, -0.2) is 0 Å². The minimum Gasteiger partial charge on any atom is -0.255 e. The molecule has 0 bridgehead atoms. The van der Waals surface area contributed by atoms with E-state index in [1.54, 1.807) is 0 Å². The minimum atomic E-state index is 1.02. The van der Waals surface area contributed by atoms with Crippen molar-refractivity contribution in [1.29, 1.82) is 0 Å². The van der Waals surface area contributed by atoms with Crippen LogP contribution in [0.3, 0.4) is 0 Å². The van der Waals surface area contributed by atoms with Crippen LogP contribution in [0.25, 0.3) is 66.2 Å². The van der Waals surface area contributed by atoms with E-state index in [9.17, 15) is 0 Å². The fourth-order valence-electron chi connectivity index (χ4n) is 5.67. The zero-order chi connectivity index (χ0) is 25.3. The first kappa shape index (κ1) is 22.2. The molecule has 0 saturated heterocycles. The summed E-state index contributed by atoms with van der Waals surface area (Å²) in [5.41, 5.74) is 10.6. The second-order valence-electron chi connectivity index (χ2n) is 9.53. The Hall–Kier alpha value is -5.01. The summed E-state index contributed by atoms with van der Waals surface area (Å²) in [6.45, 7) is 0. The molecule has 0 amide bonds. The molecule has 0 aliphatic rings. The van der Waals surface area contributed by atoms with Crippen LogP contribution in [0.1, 0.15) is 0 Å². The number of pyridine rings is 1. The van der Waals surface area contributed by atoms with E-state index in [0.717, 1.165) is 22.0 Å². The molecule has 0 saturated carbocycles. The normalized spacial score (nSPS) is 11.2. The molecule has 1 heterocycles. The third-order valence-electron chi connectivity index (χ3n) is 7.29. The number of hydrogen-bond donors (Lipinski definition) is 0. The Kier molecular flexibility index (Phi) is 5.53. The van der Waals surface area contributed by atoms with E-state index in [0.29, 0.717) is 0 Å². The predicted octanol–water partition coefficient (Wildman–Crippen LogP) is 10.1. The van der Waals surface area contributed by atoms with Crippen LogP contribution in [0.2, 0.25) is 0 Å². The molecule has 7 aromatic rings. The monoisotopic (exact) mass is 483 g/mol. The fourth-order valence-corrected chi connectivity index (χ4v) is 5.67. The molecule has 1 heteroatoms. The molecular weight excluding hydrogens is 458 g/mol. The summed E-state index contributed by atoms with van der Waals surface area (Å²) in [5, 5.41) is 3.54. The number of hydrogen-bond acceptors (Lipinski definition) is 1. The van der Waals surface area contributed by atoms with E-state index >= 15 is 0 Å². The molecule has 0 unspecified atom stereocenters. The average Bonchev–Trinajstić information content (AvgIpc) is 3.01. The number of nitrogens with zero attached hydrogens (tertiary/aromatic N) is 1. The van der Waals surface area contributed by atoms with E-state index < -0.39 is 0 Å². The van der Waals surface area contributed by atoms with Gasteiger partial charge in [0.05, 0.1) is 5.52 Å². The third kappa shape index (κ3) is 3.68. The molecule has 0 radical (unpaired) electrons. The first-order valence-electron chi connectivity index (χ1n) is 13.0. The molecule has 38 heavy (non-hydrogen) atoms. The van der Waals surface area contributed by atoms with E-state index in [1.165, 1.54) is 44.2 Å². The Balaban J connectivity index is 1.82. The molecular formula is C37H25N. The number of aromatic nitrogens is 1. The first-order valence-corrected chi connectivity index (χ1v) is 13.0. The van der Waals surface area contributed by atoms with Crippen molar-refractivity contribution in [2.45, 2.75) is 0 Å². The van der Waals surface area contributed by atoms with Crippen LogP contribution >= 0.6 is 0 Å². The highest BCUT2D eigenvalue weighted by Crippen LogP contribution is 2.51. The topological polar surface area (TPSA) is 12.9 Å². The third-order valence-corrected chi connectivity index (χ3v) is 7.29. The van der Waals surface area contributed by atoms with Crippen LogP contribution in [0.5, 0.6) is 0 Å². The van der Waals surface area contributed by atoms with Gasteiger partial charge in [0.1, 0.15) is 0 Å². The SMILES string of the molecule is c1ccc(-c2c(-c3ccccc3)c(-c3ccccc3)c3c(ncc4ccccc43)c2-c2ccccc2)cc1. The summed E-state index contributed by atoms with van der Waals surface area (Å²) in [6, 6.07) is 51.7. The molecule has 0 aliphatic heterocycles. The van der Waals surface area contributed by atoms with Gasteiger partial charge in [-0.05, 0) is 33.2 Å². The van der Waals surface area contributed by atoms with Crippen LogP contribution in [0.4, 0.5) is 0 Å². The van der Waals surface area contributed by atoms with Crippen molar-refractivity contribution >= 4 is 21.7 Å². The van der Waals surface area contributed by atoms with Crippen molar-refractivity contribution in [2.75, 3.05) is 0 Å². The Morgan fingerprint density at radius 3 is 1.26 bits per heavy atom. The van der Waals surface area contributed by atoms with Gasteiger partial charge in [-0.3, -0.25) is 4.98 Å². The lowest BCUT2D eigenvalue weighted by Gasteiger charge is -2.24. The van der Waals surface area contributed by atoms with Gasteiger partial charge in [0.2, 0.25) is 0 Å². The van der Waals surface area contributed by atoms with Crippen molar-refractivity contribution in [3.05, 3.63) is 152 Å². The van der Waals surface area contributed by atoms with Crippen molar-refractivity contribution in [3.8, 4) is 44.5 Å². The molecule has 0 N–H and O–H groups in total. The zero-order valence-electron chi connectivity index (χ0n) is 20.9. The van der Waals surface area contributed by atoms with Crippen LogP contribution in [-0.4, -0.2) is 4.98 Å². The average molecular weight is 484 g/mol. The quantitative estimate of drug-likeness (QED) is 0.227. The van der Waals surface area contributed by atoms with Crippen LogP contribution in [0.15, 0.2) is 152 Å². The van der Waals surface area contributed by atoms with Gasteiger partial charge in [0.25, 0.3) is 0 Å². The minimum absolute atomic E-state index is 1.02. The van der Waals surface area contributed by atoms with Crippen molar-refractivity contribution in [2.24, 2.45) is 0 Å². The standard InChI is InChI=1S/C37H25N/c1-5-15-26(16-6-1)32-33(27-17-7-2-8-18-27)35(29-21-11-4-12-22-29)37-36(34(32)28-19-9-3-10-20-28)31-24-14-13-23-30(31)25-38-37/h1-25H. The van der Waals surface area contributed by atoms with Gasteiger partial charge in [-0.1, -0.05) is 146 Å². The lowest BCUT2D eigenvalue weighted by Crippen LogP contribution is -1.99. The van der Waals surface area contributed by atoms with Gasteiger partial charge in [-0.2, -0.15) is 0 Å². The Morgan fingerprint density at radius 1 is 0.342 bits per heavy atom. The second kappa shape index (κ2) is 9.46. The van der Waals surface area contributed by atoms with Crippen LogP contribution in [0, 0.1) is 0 Å². The summed E-state index contributed by atoms with van der Waals surface area (Å²) >= 11 is 0. The highest BCUT2D eigenvalue weighted by molar-refractivity contribution is 6.24. The zero-order valence-corrected chi connectivity index (χ0v) is 20.9. The molecule has 6 aromatic carbocycles. The van der Waals surface area contributed by atoms with Gasteiger partial charge in [0, 0.05) is 33.7 Å².